The molecule has 2 aromatic carbocycles. The van der Waals surface area contributed by atoms with Gasteiger partial charge in [0.1, 0.15) is 17.5 Å². The van der Waals surface area contributed by atoms with Crippen molar-refractivity contribution in [1.82, 2.24) is 4.72 Å². The molecule has 0 bridgehead atoms. The Morgan fingerprint density at radius 1 is 1.05 bits per heavy atom. The first-order valence-electron chi connectivity index (χ1n) is 12.6. The van der Waals surface area contributed by atoms with E-state index in [2.05, 4.69) is 0 Å². The molecule has 10 nitrogen and oxygen atoms in total. The SMILES string of the molecule is CC(C)(C)OC(=O)Cc1ccc2c(c1)N(S(=O)(=O)c1cccc(C(F)(F)F)c1)C[C@H](CC(=O)NS(=O)(=O)C1CC1)O2. The average Bonchev–Trinajstić information content (AvgIpc) is 3.68. The number of hydrogen-bond donors (Lipinski definition) is 1. The quantitative estimate of drug-likeness (QED) is 0.444. The van der Waals surface area contributed by atoms with Crippen LogP contribution in [0.15, 0.2) is 47.4 Å². The minimum Gasteiger partial charge on any atom is -0.486 e. The van der Waals surface area contributed by atoms with Gasteiger partial charge < -0.3 is 9.47 Å². The third-order valence-electron chi connectivity index (χ3n) is 6.11. The number of halogens is 3. The van der Waals surface area contributed by atoms with Crippen molar-refractivity contribution in [2.24, 2.45) is 0 Å². The van der Waals surface area contributed by atoms with Crippen LogP contribution in [0.3, 0.4) is 0 Å². The highest BCUT2D eigenvalue weighted by molar-refractivity contribution is 7.92. The van der Waals surface area contributed by atoms with E-state index in [0.717, 1.165) is 22.5 Å². The Morgan fingerprint density at radius 3 is 2.34 bits per heavy atom. The number of nitrogens with zero attached hydrogens (tertiary/aromatic N) is 1. The molecule has 15 heteroatoms. The fraction of sp³-hybridized carbons (Fsp3) is 0.462. The van der Waals surface area contributed by atoms with E-state index in [1.54, 1.807) is 20.8 Å². The van der Waals surface area contributed by atoms with Crippen molar-refractivity contribution in [3.8, 4) is 5.75 Å². The van der Waals surface area contributed by atoms with E-state index in [4.69, 9.17) is 9.47 Å². The first-order chi connectivity index (χ1) is 18.8. The van der Waals surface area contributed by atoms with Crippen molar-refractivity contribution in [3.05, 3.63) is 53.6 Å². The second-order valence-corrected chi connectivity index (χ2v) is 14.7. The van der Waals surface area contributed by atoms with E-state index < -0.39 is 78.5 Å². The molecule has 1 atom stereocenters. The van der Waals surface area contributed by atoms with Gasteiger partial charge in [0.25, 0.3) is 10.0 Å². The number of esters is 1. The van der Waals surface area contributed by atoms with Crippen LogP contribution in [0.5, 0.6) is 5.75 Å². The number of fused-ring (bicyclic) bond motifs is 1. The molecule has 0 radical (unpaired) electrons. The lowest BCUT2D eigenvalue weighted by Crippen LogP contribution is -2.46. The number of carbonyl (C=O) groups is 2. The van der Waals surface area contributed by atoms with E-state index >= 15 is 0 Å². The lowest BCUT2D eigenvalue weighted by Gasteiger charge is -2.35. The minimum atomic E-state index is -4.80. The number of nitrogens with one attached hydrogen (secondary N) is 1. The summed E-state index contributed by atoms with van der Waals surface area (Å²) in [6.45, 7) is 4.53. The van der Waals surface area contributed by atoms with E-state index in [-0.39, 0.29) is 17.9 Å². The van der Waals surface area contributed by atoms with Gasteiger partial charge in [0.2, 0.25) is 15.9 Å². The molecule has 1 fully saturated rings. The van der Waals surface area contributed by atoms with Crippen LogP contribution in [0, 0.1) is 0 Å². The summed E-state index contributed by atoms with van der Waals surface area (Å²) in [4.78, 5) is 24.3. The van der Waals surface area contributed by atoms with Crippen LogP contribution in [0.25, 0.3) is 0 Å². The molecule has 1 N–H and O–H groups in total. The van der Waals surface area contributed by atoms with E-state index in [1.807, 2.05) is 4.72 Å². The molecule has 0 spiro atoms. The lowest BCUT2D eigenvalue weighted by molar-refractivity contribution is -0.154. The number of carbonyl (C=O) groups excluding carboxylic acids is 2. The van der Waals surface area contributed by atoms with Crippen LogP contribution in [-0.2, 0) is 47.0 Å². The summed E-state index contributed by atoms with van der Waals surface area (Å²) >= 11 is 0. The molecule has 0 saturated heterocycles. The summed E-state index contributed by atoms with van der Waals surface area (Å²) in [5.41, 5.74) is -1.66. The minimum absolute atomic E-state index is 0.0254. The maximum Gasteiger partial charge on any atom is 0.416 e. The standard InChI is InChI=1S/C26H29F3N2O8S2/c1-25(2,3)39-24(33)12-16-7-10-22-21(11-16)31(41(36,37)20-6-4-5-17(13-20)26(27,28)29)15-18(38-22)14-23(32)30-40(34,35)19-8-9-19/h4-7,10-11,13,18-19H,8-9,12,14-15H2,1-3H3,(H,30,32)/t18-/m0/s1. The van der Waals surface area contributed by atoms with Crippen molar-refractivity contribution in [1.29, 1.82) is 0 Å². The second-order valence-electron chi connectivity index (χ2n) is 10.8. The Balaban J connectivity index is 1.68. The monoisotopic (exact) mass is 618 g/mol. The van der Waals surface area contributed by atoms with Gasteiger partial charge in [0.15, 0.2) is 0 Å². The van der Waals surface area contributed by atoms with E-state index in [0.29, 0.717) is 24.5 Å². The number of hydrogen-bond acceptors (Lipinski definition) is 8. The van der Waals surface area contributed by atoms with E-state index in [9.17, 15) is 39.6 Å². The molecular formula is C26H29F3N2O8S2. The number of anilines is 1. The van der Waals surface area contributed by atoms with Crippen LogP contribution < -0.4 is 13.8 Å². The van der Waals surface area contributed by atoms with Gasteiger partial charge >= 0.3 is 12.1 Å². The number of amides is 1. The van der Waals surface area contributed by atoms with E-state index in [1.165, 1.54) is 18.2 Å². The fourth-order valence-corrected chi connectivity index (χ4v) is 7.04. The van der Waals surface area contributed by atoms with Crippen LogP contribution in [0.2, 0.25) is 0 Å². The molecule has 1 amide bonds. The molecular weight excluding hydrogens is 589 g/mol. The molecule has 2 aliphatic rings. The number of benzene rings is 2. The summed E-state index contributed by atoms with van der Waals surface area (Å²) in [7, 11) is -8.52. The van der Waals surface area contributed by atoms with Gasteiger partial charge in [-0.25, -0.2) is 16.8 Å². The fourth-order valence-electron chi connectivity index (χ4n) is 4.17. The number of ether oxygens (including phenoxy) is 2. The topological polar surface area (TPSA) is 136 Å². The molecule has 0 aromatic heterocycles. The third kappa shape index (κ3) is 7.50. The summed E-state index contributed by atoms with van der Waals surface area (Å²) in [5.74, 6) is -1.53. The van der Waals surface area contributed by atoms with Crippen molar-refractivity contribution < 1.29 is 49.1 Å². The predicted molar refractivity (Wildman–Crippen MR) is 141 cm³/mol. The summed E-state index contributed by atoms with van der Waals surface area (Å²) in [6, 6.07) is 7.40. The van der Waals surface area contributed by atoms with Crippen molar-refractivity contribution in [2.75, 3.05) is 10.8 Å². The molecule has 4 rings (SSSR count). The van der Waals surface area contributed by atoms with Gasteiger partial charge in [-0.2, -0.15) is 13.2 Å². The predicted octanol–water partition coefficient (Wildman–Crippen LogP) is 3.54. The number of sulfonamides is 2. The van der Waals surface area contributed by atoms with Gasteiger partial charge in [0, 0.05) is 0 Å². The van der Waals surface area contributed by atoms with Crippen molar-refractivity contribution in [2.45, 2.75) is 74.5 Å². The highest BCUT2D eigenvalue weighted by Gasteiger charge is 2.40. The van der Waals surface area contributed by atoms with Gasteiger partial charge in [-0.3, -0.25) is 18.6 Å². The van der Waals surface area contributed by atoms with Crippen LogP contribution in [-0.4, -0.2) is 52.2 Å². The Labute approximate surface area is 235 Å². The highest BCUT2D eigenvalue weighted by Crippen LogP contribution is 2.39. The Morgan fingerprint density at radius 2 is 1.73 bits per heavy atom. The zero-order chi connectivity index (χ0) is 30.4. The van der Waals surface area contributed by atoms with Gasteiger partial charge in [-0.15, -0.1) is 0 Å². The van der Waals surface area contributed by atoms with Crippen LogP contribution >= 0.6 is 0 Å². The molecule has 0 unspecified atom stereocenters. The first kappa shape index (κ1) is 30.6. The van der Waals surface area contributed by atoms with Gasteiger partial charge in [-0.05, 0) is 69.5 Å². The van der Waals surface area contributed by atoms with Gasteiger partial charge in [-0.1, -0.05) is 12.1 Å². The molecule has 41 heavy (non-hydrogen) atoms. The highest BCUT2D eigenvalue weighted by atomic mass is 32.2. The molecule has 1 heterocycles. The van der Waals surface area contributed by atoms with Gasteiger partial charge in [0.05, 0.1) is 40.8 Å². The number of rotatable bonds is 8. The lowest BCUT2D eigenvalue weighted by atomic mass is 10.1. The summed E-state index contributed by atoms with van der Waals surface area (Å²) in [5, 5.41) is -0.666. The largest absolute Gasteiger partial charge is 0.486 e. The third-order valence-corrected chi connectivity index (χ3v) is 9.74. The van der Waals surface area contributed by atoms with Crippen LogP contribution in [0.1, 0.15) is 51.2 Å². The molecule has 2 aromatic rings. The van der Waals surface area contributed by atoms with Crippen molar-refractivity contribution in [3.63, 3.8) is 0 Å². The smallest absolute Gasteiger partial charge is 0.416 e. The Bertz CT molecular complexity index is 1560. The molecule has 224 valence electrons. The number of alkyl halides is 3. The maximum absolute atomic E-state index is 13.7. The maximum atomic E-state index is 13.7. The zero-order valence-electron chi connectivity index (χ0n) is 22.4. The second kappa shape index (κ2) is 10.8. The summed E-state index contributed by atoms with van der Waals surface area (Å²) in [6.07, 6.45) is -5.90. The van der Waals surface area contributed by atoms with Crippen LogP contribution in [0.4, 0.5) is 18.9 Å². The summed E-state index contributed by atoms with van der Waals surface area (Å²) < 4.78 is 106. The Kier molecular flexibility index (Phi) is 8.08. The Hall–Kier alpha value is -3.33. The average molecular weight is 619 g/mol. The molecule has 1 saturated carbocycles. The first-order valence-corrected chi connectivity index (χ1v) is 15.6. The molecule has 1 aliphatic heterocycles. The normalized spacial score (nSPS) is 17.8. The van der Waals surface area contributed by atoms with Crippen molar-refractivity contribution >= 4 is 37.6 Å². The zero-order valence-corrected chi connectivity index (χ0v) is 24.0. The molecule has 1 aliphatic carbocycles.